The second-order valence-electron chi connectivity index (χ2n) is 3.51. The molecule has 0 fully saturated rings. The average molecular weight is 253 g/mol. The van der Waals surface area contributed by atoms with Crippen LogP contribution in [0.2, 0.25) is 0 Å². The highest BCUT2D eigenvalue weighted by molar-refractivity contribution is 9.10. The summed E-state index contributed by atoms with van der Waals surface area (Å²) < 4.78 is 3.39. The highest BCUT2D eigenvalue weighted by atomic mass is 79.9. The summed E-state index contributed by atoms with van der Waals surface area (Å²) in [5.41, 5.74) is 2.25. The first-order chi connectivity index (χ1) is 6.74. The third kappa shape index (κ3) is 1.46. The number of nitrogens with zero attached hydrogens (tertiary/aromatic N) is 2. The van der Waals surface area contributed by atoms with Crippen molar-refractivity contribution in [1.82, 2.24) is 9.55 Å². The lowest BCUT2D eigenvalue weighted by molar-refractivity contribution is 0.547. The first kappa shape index (κ1) is 9.71. The van der Waals surface area contributed by atoms with Crippen LogP contribution in [-0.4, -0.2) is 9.55 Å². The van der Waals surface area contributed by atoms with Crippen molar-refractivity contribution in [2.24, 2.45) is 0 Å². The van der Waals surface area contributed by atoms with Gasteiger partial charge in [0.1, 0.15) is 0 Å². The normalized spacial score (nSPS) is 13.4. The molecule has 0 spiro atoms. The molecule has 1 unspecified atom stereocenters. The van der Waals surface area contributed by atoms with Gasteiger partial charge in [-0.15, -0.1) is 0 Å². The minimum Gasteiger partial charge on any atom is -0.342 e. The van der Waals surface area contributed by atoms with Gasteiger partial charge in [-0.3, -0.25) is 4.98 Å². The van der Waals surface area contributed by atoms with Gasteiger partial charge in [0.2, 0.25) is 0 Å². The minimum absolute atomic E-state index is 0.521. The number of pyridine rings is 1. The fourth-order valence-electron chi connectivity index (χ4n) is 1.61. The molecule has 0 bridgehead atoms. The molecule has 0 aliphatic heterocycles. The Labute approximate surface area is 92.1 Å². The monoisotopic (exact) mass is 252 g/mol. The standard InChI is InChI=1S/C11H13BrN2/c1-3-8(2)14-7-5-10-11(14)9(12)4-6-13-10/h4-8H,3H2,1-2H3. The minimum atomic E-state index is 0.521. The Morgan fingerprint density at radius 3 is 3.00 bits per heavy atom. The van der Waals surface area contributed by atoms with Gasteiger partial charge < -0.3 is 4.57 Å². The fraction of sp³-hybridized carbons (Fsp3) is 0.364. The lowest BCUT2D eigenvalue weighted by Crippen LogP contribution is -2.02. The molecule has 0 aliphatic rings. The number of hydrogen-bond acceptors (Lipinski definition) is 1. The predicted octanol–water partition coefficient (Wildman–Crippen LogP) is 3.77. The summed E-state index contributed by atoms with van der Waals surface area (Å²) in [5.74, 6) is 0. The molecular weight excluding hydrogens is 240 g/mol. The van der Waals surface area contributed by atoms with Gasteiger partial charge in [-0.05, 0) is 41.4 Å². The highest BCUT2D eigenvalue weighted by Crippen LogP contribution is 2.26. The highest BCUT2D eigenvalue weighted by Gasteiger charge is 2.09. The molecular formula is C11H13BrN2. The molecule has 2 aromatic rings. The van der Waals surface area contributed by atoms with Crippen molar-refractivity contribution < 1.29 is 0 Å². The van der Waals surface area contributed by atoms with Crippen LogP contribution in [0.15, 0.2) is 29.0 Å². The Morgan fingerprint density at radius 2 is 2.29 bits per heavy atom. The molecule has 2 nitrogen and oxygen atoms in total. The molecule has 74 valence electrons. The van der Waals surface area contributed by atoms with Crippen LogP contribution in [0.25, 0.3) is 11.0 Å². The maximum atomic E-state index is 4.33. The first-order valence-electron chi connectivity index (χ1n) is 4.85. The van der Waals surface area contributed by atoms with Crippen LogP contribution >= 0.6 is 15.9 Å². The molecule has 0 saturated heterocycles. The Morgan fingerprint density at radius 1 is 1.50 bits per heavy atom. The predicted molar refractivity (Wildman–Crippen MR) is 62.4 cm³/mol. The summed E-state index contributed by atoms with van der Waals surface area (Å²) in [6.07, 6.45) is 5.06. The molecule has 1 atom stereocenters. The number of rotatable bonds is 2. The van der Waals surface area contributed by atoms with Gasteiger partial charge in [0.25, 0.3) is 0 Å². The average Bonchev–Trinajstić information content (AvgIpc) is 2.62. The van der Waals surface area contributed by atoms with Crippen LogP contribution in [0.3, 0.4) is 0 Å². The molecule has 14 heavy (non-hydrogen) atoms. The summed E-state index contributed by atoms with van der Waals surface area (Å²) >= 11 is 3.56. The van der Waals surface area contributed by atoms with Gasteiger partial charge >= 0.3 is 0 Å². The molecule has 0 amide bonds. The number of aromatic nitrogens is 2. The van der Waals surface area contributed by atoms with Crippen LogP contribution in [0.5, 0.6) is 0 Å². The van der Waals surface area contributed by atoms with E-state index in [4.69, 9.17) is 0 Å². The van der Waals surface area contributed by atoms with Crippen molar-refractivity contribution >= 4 is 27.0 Å². The van der Waals surface area contributed by atoms with E-state index in [0.29, 0.717) is 6.04 Å². The molecule has 2 aromatic heterocycles. The van der Waals surface area contributed by atoms with E-state index in [1.165, 1.54) is 5.52 Å². The molecule has 0 aliphatic carbocycles. The van der Waals surface area contributed by atoms with Crippen molar-refractivity contribution in [3.8, 4) is 0 Å². The molecule has 2 rings (SSSR count). The van der Waals surface area contributed by atoms with Gasteiger partial charge in [-0.1, -0.05) is 6.92 Å². The van der Waals surface area contributed by atoms with E-state index in [-0.39, 0.29) is 0 Å². The zero-order valence-corrected chi connectivity index (χ0v) is 9.95. The lowest BCUT2D eigenvalue weighted by Gasteiger charge is -2.13. The number of halogens is 1. The van der Waals surface area contributed by atoms with Crippen LogP contribution in [0, 0.1) is 0 Å². The maximum absolute atomic E-state index is 4.33. The van der Waals surface area contributed by atoms with E-state index >= 15 is 0 Å². The van der Waals surface area contributed by atoms with Crippen LogP contribution in [0.4, 0.5) is 0 Å². The quantitative estimate of drug-likeness (QED) is 0.796. The summed E-state index contributed by atoms with van der Waals surface area (Å²) in [5, 5.41) is 0. The van der Waals surface area contributed by atoms with Crippen LogP contribution in [0.1, 0.15) is 26.3 Å². The largest absolute Gasteiger partial charge is 0.342 e. The Hall–Kier alpha value is -0.830. The van der Waals surface area contributed by atoms with E-state index < -0.39 is 0 Å². The Bertz CT molecular complexity index is 447. The molecule has 0 aromatic carbocycles. The summed E-state index contributed by atoms with van der Waals surface area (Å²) in [6, 6.07) is 4.57. The lowest BCUT2D eigenvalue weighted by atomic mass is 10.2. The summed E-state index contributed by atoms with van der Waals surface area (Å²) in [6.45, 7) is 4.42. The summed E-state index contributed by atoms with van der Waals surface area (Å²) in [4.78, 5) is 4.33. The molecule has 0 N–H and O–H groups in total. The van der Waals surface area contributed by atoms with Crippen molar-refractivity contribution in [3.05, 3.63) is 29.0 Å². The van der Waals surface area contributed by atoms with Crippen LogP contribution in [-0.2, 0) is 0 Å². The van der Waals surface area contributed by atoms with E-state index in [1.807, 2.05) is 12.3 Å². The SMILES string of the molecule is CCC(C)n1ccc2nccc(Br)c21. The van der Waals surface area contributed by atoms with Crippen molar-refractivity contribution in [1.29, 1.82) is 0 Å². The van der Waals surface area contributed by atoms with E-state index in [0.717, 1.165) is 16.4 Å². The van der Waals surface area contributed by atoms with Gasteiger partial charge in [0, 0.05) is 22.9 Å². The molecule has 0 radical (unpaired) electrons. The Balaban J connectivity index is 2.67. The molecule has 2 heterocycles. The Kier molecular flexibility index (Phi) is 2.59. The zero-order valence-electron chi connectivity index (χ0n) is 8.37. The van der Waals surface area contributed by atoms with Crippen LogP contribution < -0.4 is 0 Å². The first-order valence-corrected chi connectivity index (χ1v) is 5.64. The number of fused-ring (bicyclic) bond motifs is 1. The fourth-order valence-corrected chi connectivity index (χ4v) is 2.14. The molecule has 3 heteroatoms. The second kappa shape index (κ2) is 3.73. The van der Waals surface area contributed by atoms with Crippen molar-refractivity contribution in [3.63, 3.8) is 0 Å². The smallest absolute Gasteiger partial charge is 0.0892 e. The topological polar surface area (TPSA) is 17.8 Å². The zero-order chi connectivity index (χ0) is 10.1. The third-order valence-electron chi connectivity index (χ3n) is 2.62. The summed E-state index contributed by atoms with van der Waals surface area (Å²) in [7, 11) is 0. The molecule has 0 saturated carbocycles. The van der Waals surface area contributed by atoms with Crippen molar-refractivity contribution in [2.75, 3.05) is 0 Å². The second-order valence-corrected chi connectivity index (χ2v) is 4.36. The van der Waals surface area contributed by atoms with E-state index in [1.54, 1.807) is 0 Å². The van der Waals surface area contributed by atoms with E-state index in [9.17, 15) is 0 Å². The third-order valence-corrected chi connectivity index (χ3v) is 3.26. The van der Waals surface area contributed by atoms with Gasteiger partial charge in [-0.2, -0.15) is 0 Å². The van der Waals surface area contributed by atoms with Crippen molar-refractivity contribution in [2.45, 2.75) is 26.3 Å². The van der Waals surface area contributed by atoms with E-state index in [2.05, 4.69) is 51.6 Å². The van der Waals surface area contributed by atoms with Gasteiger partial charge in [0.15, 0.2) is 0 Å². The van der Waals surface area contributed by atoms with Gasteiger partial charge in [0.05, 0.1) is 11.0 Å². The van der Waals surface area contributed by atoms with Gasteiger partial charge in [-0.25, -0.2) is 0 Å². The number of hydrogen-bond donors (Lipinski definition) is 0. The maximum Gasteiger partial charge on any atom is 0.0892 e.